The van der Waals surface area contributed by atoms with E-state index < -0.39 is 5.97 Å². The molecule has 2 heterocycles. The molecule has 0 fully saturated rings. The fourth-order valence-corrected chi connectivity index (χ4v) is 1.67. The number of anilines is 1. The van der Waals surface area contributed by atoms with E-state index >= 15 is 0 Å². The fourth-order valence-electron chi connectivity index (χ4n) is 1.67. The smallest absolute Gasteiger partial charge is 0.325 e. The predicted octanol–water partition coefficient (Wildman–Crippen LogP) is 0.262. The third-order valence-corrected chi connectivity index (χ3v) is 2.45. The molecule has 8 heteroatoms. The van der Waals surface area contributed by atoms with Crippen molar-refractivity contribution in [1.29, 1.82) is 0 Å². The molecule has 0 aliphatic rings. The molecular formula is C11H13N5O3. The van der Waals surface area contributed by atoms with Crippen LogP contribution in [0.15, 0.2) is 18.6 Å². The molecule has 0 saturated carbocycles. The van der Waals surface area contributed by atoms with Crippen LogP contribution in [0.3, 0.4) is 0 Å². The largest absolute Gasteiger partial charge is 0.480 e. The number of hydrogen-bond acceptors (Lipinski definition) is 4. The molecule has 19 heavy (non-hydrogen) atoms. The summed E-state index contributed by atoms with van der Waals surface area (Å²) < 4.78 is 2.78. The highest BCUT2D eigenvalue weighted by Crippen LogP contribution is 2.10. The molecule has 8 nitrogen and oxygen atoms in total. The van der Waals surface area contributed by atoms with Crippen molar-refractivity contribution in [3.63, 3.8) is 0 Å². The van der Waals surface area contributed by atoms with Crippen LogP contribution in [-0.4, -0.2) is 36.5 Å². The summed E-state index contributed by atoms with van der Waals surface area (Å²) in [6, 6.07) is 0. The van der Waals surface area contributed by atoms with E-state index in [-0.39, 0.29) is 12.5 Å². The van der Waals surface area contributed by atoms with Crippen molar-refractivity contribution in [3.05, 3.63) is 29.8 Å². The van der Waals surface area contributed by atoms with Crippen LogP contribution >= 0.6 is 0 Å². The molecule has 100 valence electrons. The summed E-state index contributed by atoms with van der Waals surface area (Å²) in [6.45, 7) is 1.49. The van der Waals surface area contributed by atoms with Gasteiger partial charge in [0.2, 0.25) is 0 Å². The maximum absolute atomic E-state index is 12.0. The molecule has 0 saturated heterocycles. The van der Waals surface area contributed by atoms with Crippen LogP contribution in [0, 0.1) is 6.92 Å². The molecule has 0 aromatic carbocycles. The van der Waals surface area contributed by atoms with Crippen LogP contribution in [0.4, 0.5) is 5.69 Å². The van der Waals surface area contributed by atoms with E-state index in [1.54, 1.807) is 24.9 Å². The van der Waals surface area contributed by atoms with E-state index in [0.29, 0.717) is 16.9 Å². The highest BCUT2D eigenvalue weighted by molar-refractivity contribution is 6.04. The molecule has 0 aliphatic carbocycles. The minimum Gasteiger partial charge on any atom is -0.480 e. The number of carbonyl (C=O) groups excluding carboxylic acids is 1. The Morgan fingerprint density at radius 2 is 2.16 bits per heavy atom. The first-order valence-electron chi connectivity index (χ1n) is 5.51. The van der Waals surface area contributed by atoms with Gasteiger partial charge >= 0.3 is 5.97 Å². The minimum atomic E-state index is -0.996. The van der Waals surface area contributed by atoms with Crippen molar-refractivity contribution < 1.29 is 14.7 Å². The van der Waals surface area contributed by atoms with E-state index in [2.05, 4.69) is 15.5 Å². The summed E-state index contributed by atoms with van der Waals surface area (Å²) in [4.78, 5) is 22.5. The first-order valence-corrected chi connectivity index (χ1v) is 5.51. The van der Waals surface area contributed by atoms with Crippen LogP contribution in [-0.2, 0) is 18.4 Å². The Hall–Kier alpha value is -2.64. The maximum Gasteiger partial charge on any atom is 0.325 e. The molecule has 0 radical (unpaired) electrons. The van der Waals surface area contributed by atoms with Gasteiger partial charge in [0, 0.05) is 19.4 Å². The molecule has 0 atom stereocenters. The molecular weight excluding hydrogens is 250 g/mol. The molecule has 1 amide bonds. The second-order valence-corrected chi connectivity index (χ2v) is 4.08. The van der Waals surface area contributed by atoms with Gasteiger partial charge in [-0.3, -0.25) is 19.0 Å². The molecule has 2 aromatic heterocycles. The van der Waals surface area contributed by atoms with Crippen molar-refractivity contribution in [2.24, 2.45) is 7.05 Å². The SMILES string of the molecule is Cc1nn(C)cc1C(=O)Nc1cnn(CC(=O)O)c1. The van der Waals surface area contributed by atoms with Gasteiger partial charge in [0.15, 0.2) is 0 Å². The standard InChI is InChI=1S/C11H13N5O3/c1-7-9(5-15(2)14-7)11(19)13-8-3-12-16(4-8)6-10(17)18/h3-5H,6H2,1-2H3,(H,13,19)(H,17,18). The van der Waals surface area contributed by atoms with Gasteiger partial charge in [0.25, 0.3) is 5.91 Å². The number of hydrogen-bond donors (Lipinski definition) is 2. The Kier molecular flexibility index (Phi) is 3.32. The van der Waals surface area contributed by atoms with Gasteiger partial charge in [-0.1, -0.05) is 0 Å². The van der Waals surface area contributed by atoms with Crippen molar-refractivity contribution in [2.45, 2.75) is 13.5 Å². The number of aliphatic carboxylic acids is 1. The van der Waals surface area contributed by atoms with Crippen LogP contribution in [0.25, 0.3) is 0 Å². The topological polar surface area (TPSA) is 102 Å². The van der Waals surface area contributed by atoms with Crippen LogP contribution < -0.4 is 5.32 Å². The number of rotatable bonds is 4. The van der Waals surface area contributed by atoms with Gasteiger partial charge in [-0.05, 0) is 6.92 Å². The lowest BCUT2D eigenvalue weighted by Gasteiger charge is -2.00. The van der Waals surface area contributed by atoms with E-state index in [1.807, 2.05) is 0 Å². The normalized spacial score (nSPS) is 10.4. The average molecular weight is 263 g/mol. The maximum atomic E-state index is 12.0. The number of carbonyl (C=O) groups is 2. The predicted molar refractivity (Wildman–Crippen MR) is 65.8 cm³/mol. The lowest BCUT2D eigenvalue weighted by molar-refractivity contribution is -0.137. The summed E-state index contributed by atoms with van der Waals surface area (Å²) in [7, 11) is 1.73. The van der Waals surface area contributed by atoms with E-state index in [0.717, 1.165) is 0 Å². The number of amides is 1. The Labute approximate surface area is 108 Å². The van der Waals surface area contributed by atoms with E-state index in [1.165, 1.54) is 17.1 Å². The number of carboxylic acid groups (broad SMARTS) is 1. The number of aryl methyl sites for hydroxylation is 2. The van der Waals surface area contributed by atoms with Gasteiger partial charge < -0.3 is 10.4 Å². The third-order valence-electron chi connectivity index (χ3n) is 2.45. The first kappa shape index (κ1) is 12.8. The molecule has 2 aromatic rings. The van der Waals surface area contributed by atoms with Gasteiger partial charge in [0.1, 0.15) is 6.54 Å². The highest BCUT2D eigenvalue weighted by atomic mass is 16.4. The highest BCUT2D eigenvalue weighted by Gasteiger charge is 2.13. The number of aromatic nitrogens is 4. The molecule has 0 unspecified atom stereocenters. The van der Waals surface area contributed by atoms with Crippen LogP contribution in [0.5, 0.6) is 0 Å². The zero-order valence-electron chi connectivity index (χ0n) is 10.5. The van der Waals surface area contributed by atoms with Crippen LogP contribution in [0.1, 0.15) is 16.1 Å². The monoisotopic (exact) mass is 263 g/mol. The Balaban J connectivity index is 2.09. The Bertz CT molecular complexity index is 628. The first-order chi connectivity index (χ1) is 8.95. The lowest BCUT2D eigenvalue weighted by atomic mass is 10.2. The van der Waals surface area contributed by atoms with Crippen LogP contribution in [0.2, 0.25) is 0 Å². The molecule has 2 N–H and O–H groups in total. The fraction of sp³-hybridized carbons (Fsp3) is 0.273. The zero-order valence-corrected chi connectivity index (χ0v) is 10.5. The molecule has 0 aliphatic heterocycles. The second-order valence-electron chi connectivity index (χ2n) is 4.08. The Morgan fingerprint density at radius 3 is 2.74 bits per heavy atom. The minimum absolute atomic E-state index is 0.248. The summed E-state index contributed by atoms with van der Waals surface area (Å²) >= 11 is 0. The van der Waals surface area contributed by atoms with E-state index in [4.69, 9.17) is 5.11 Å². The molecule has 0 spiro atoms. The molecule has 2 rings (SSSR count). The van der Waals surface area contributed by atoms with E-state index in [9.17, 15) is 9.59 Å². The quantitative estimate of drug-likeness (QED) is 0.823. The summed E-state index contributed by atoms with van der Waals surface area (Å²) in [5, 5.41) is 19.2. The lowest BCUT2D eigenvalue weighted by Crippen LogP contribution is -2.12. The van der Waals surface area contributed by atoms with Gasteiger partial charge in [-0.2, -0.15) is 10.2 Å². The second kappa shape index (κ2) is 4.92. The number of nitrogens with one attached hydrogen (secondary N) is 1. The van der Waals surface area contributed by atoms with Crippen molar-refractivity contribution >= 4 is 17.6 Å². The summed E-state index contributed by atoms with van der Waals surface area (Å²) in [5.74, 6) is -1.30. The third kappa shape index (κ3) is 2.97. The average Bonchev–Trinajstić information content (AvgIpc) is 2.84. The van der Waals surface area contributed by atoms with Crippen molar-refractivity contribution in [3.8, 4) is 0 Å². The van der Waals surface area contributed by atoms with Crippen molar-refractivity contribution in [1.82, 2.24) is 19.6 Å². The summed E-state index contributed by atoms with van der Waals surface area (Å²) in [6.07, 6.45) is 4.47. The van der Waals surface area contributed by atoms with Gasteiger partial charge in [0.05, 0.1) is 23.1 Å². The van der Waals surface area contributed by atoms with Gasteiger partial charge in [-0.15, -0.1) is 0 Å². The van der Waals surface area contributed by atoms with Crippen molar-refractivity contribution in [2.75, 3.05) is 5.32 Å². The zero-order chi connectivity index (χ0) is 14.0. The van der Waals surface area contributed by atoms with Gasteiger partial charge in [-0.25, -0.2) is 0 Å². The Morgan fingerprint density at radius 1 is 1.42 bits per heavy atom. The number of carboxylic acids is 1. The summed E-state index contributed by atoms with van der Waals surface area (Å²) in [5.41, 5.74) is 1.53. The number of nitrogens with zero attached hydrogens (tertiary/aromatic N) is 4. The molecule has 0 bridgehead atoms.